The van der Waals surface area contributed by atoms with Crippen molar-refractivity contribution in [2.75, 3.05) is 26.0 Å². The minimum Gasteiger partial charge on any atom is -0.376 e. The highest BCUT2D eigenvalue weighted by molar-refractivity contribution is 5.42. The summed E-state index contributed by atoms with van der Waals surface area (Å²) in [7, 11) is 6.18. The van der Waals surface area contributed by atoms with Crippen LogP contribution in [0.25, 0.3) is 0 Å². The lowest BCUT2D eigenvalue weighted by molar-refractivity contribution is 0.315. The predicted molar refractivity (Wildman–Crippen MR) is 84.9 cm³/mol. The Labute approximate surface area is 121 Å². The Bertz CT molecular complexity index is 529. The first-order chi connectivity index (χ1) is 9.54. The zero-order valence-corrected chi connectivity index (χ0v) is 12.8. The Balaban J connectivity index is 1.93. The van der Waals surface area contributed by atoms with Crippen molar-refractivity contribution in [3.63, 3.8) is 0 Å². The number of hydrogen-bond donors (Lipinski definition) is 0. The summed E-state index contributed by atoms with van der Waals surface area (Å²) in [4.78, 5) is 8.85. The molecule has 0 unspecified atom stereocenters. The summed E-state index contributed by atoms with van der Waals surface area (Å²) in [6.07, 6.45) is 1.93. The first-order valence-corrected chi connectivity index (χ1v) is 6.91. The third-order valence-electron chi connectivity index (χ3n) is 3.33. The highest BCUT2D eigenvalue weighted by atomic mass is 15.1. The third-order valence-corrected chi connectivity index (χ3v) is 3.33. The second kappa shape index (κ2) is 6.53. The van der Waals surface area contributed by atoms with E-state index in [4.69, 9.17) is 0 Å². The van der Waals surface area contributed by atoms with Crippen LogP contribution < -0.4 is 4.90 Å². The molecule has 0 saturated heterocycles. The molecule has 1 aromatic carbocycles. The molecule has 2 rings (SSSR count). The highest BCUT2D eigenvalue weighted by Crippen LogP contribution is 2.12. The van der Waals surface area contributed by atoms with Gasteiger partial charge in [-0.25, -0.2) is 0 Å². The SMILES string of the molecule is Cc1ccc(CN(C)Cc2ccc(N(C)C)cn2)cc1. The van der Waals surface area contributed by atoms with Gasteiger partial charge in [-0.3, -0.25) is 9.88 Å². The maximum Gasteiger partial charge on any atom is 0.0547 e. The van der Waals surface area contributed by atoms with Crippen molar-refractivity contribution in [2.24, 2.45) is 0 Å². The molecule has 2 aromatic rings. The van der Waals surface area contributed by atoms with Crippen LogP contribution >= 0.6 is 0 Å². The van der Waals surface area contributed by atoms with Crippen molar-refractivity contribution in [3.05, 3.63) is 59.4 Å². The molecule has 0 aliphatic carbocycles. The Hall–Kier alpha value is -1.87. The molecule has 1 aromatic heterocycles. The maximum atomic E-state index is 4.51. The van der Waals surface area contributed by atoms with Gasteiger partial charge in [-0.2, -0.15) is 0 Å². The van der Waals surface area contributed by atoms with Gasteiger partial charge in [0.2, 0.25) is 0 Å². The van der Waals surface area contributed by atoms with E-state index in [1.54, 1.807) is 0 Å². The average molecular weight is 269 g/mol. The monoisotopic (exact) mass is 269 g/mol. The highest BCUT2D eigenvalue weighted by Gasteiger charge is 2.03. The van der Waals surface area contributed by atoms with E-state index < -0.39 is 0 Å². The van der Waals surface area contributed by atoms with Crippen LogP contribution in [-0.2, 0) is 13.1 Å². The van der Waals surface area contributed by atoms with Crippen LogP contribution in [0.2, 0.25) is 0 Å². The molecule has 0 atom stereocenters. The van der Waals surface area contributed by atoms with E-state index in [1.165, 1.54) is 11.1 Å². The van der Waals surface area contributed by atoms with Crippen LogP contribution in [0.4, 0.5) is 5.69 Å². The first kappa shape index (κ1) is 14.5. The van der Waals surface area contributed by atoms with Gasteiger partial charge in [0, 0.05) is 27.2 Å². The molecule has 0 N–H and O–H groups in total. The molecule has 0 aliphatic rings. The molecule has 0 radical (unpaired) electrons. The summed E-state index contributed by atoms with van der Waals surface area (Å²) in [5.41, 5.74) is 4.88. The predicted octanol–water partition coefficient (Wildman–Crippen LogP) is 3.09. The first-order valence-electron chi connectivity index (χ1n) is 6.91. The van der Waals surface area contributed by atoms with Gasteiger partial charge in [-0.1, -0.05) is 29.8 Å². The van der Waals surface area contributed by atoms with Gasteiger partial charge in [0.25, 0.3) is 0 Å². The molecule has 106 valence electrons. The van der Waals surface area contributed by atoms with E-state index in [9.17, 15) is 0 Å². The summed E-state index contributed by atoms with van der Waals surface area (Å²) in [5.74, 6) is 0. The van der Waals surface area contributed by atoms with Crippen molar-refractivity contribution in [1.29, 1.82) is 0 Å². The topological polar surface area (TPSA) is 19.4 Å². The zero-order chi connectivity index (χ0) is 14.5. The molecule has 3 nitrogen and oxygen atoms in total. The Morgan fingerprint density at radius 2 is 1.60 bits per heavy atom. The van der Waals surface area contributed by atoms with Gasteiger partial charge in [0.15, 0.2) is 0 Å². The number of aryl methyl sites for hydroxylation is 1. The lowest BCUT2D eigenvalue weighted by Crippen LogP contribution is -2.18. The number of pyridine rings is 1. The van der Waals surface area contributed by atoms with Gasteiger partial charge in [-0.05, 0) is 31.7 Å². The van der Waals surface area contributed by atoms with E-state index in [1.807, 2.05) is 20.3 Å². The molecule has 1 heterocycles. The Kier molecular flexibility index (Phi) is 4.74. The van der Waals surface area contributed by atoms with Gasteiger partial charge in [-0.15, -0.1) is 0 Å². The van der Waals surface area contributed by atoms with E-state index in [0.29, 0.717) is 0 Å². The summed E-state index contributed by atoms with van der Waals surface area (Å²) >= 11 is 0. The van der Waals surface area contributed by atoms with Crippen LogP contribution in [0.5, 0.6) is 0 Å². The van der Waals surface area contributed by atoms with Gasteiger partial charge >= 0.3 is 0 Å². The van der Waals surface area contributed by atoms with Crippen LogP contribution in [0.1, 0.15) is 16.8 Å². The zero-order valence-electron chi connectivity index (χ0n) is 12.8. The van der Waals surface area contributed by atoms with E-state index >= 15 is 0 Å². The second-order valence-electron chi connectivity index (χ2n) is 5.56. The molecule has 0 spiro atoms. The minimum absolute atomic E-state index is 0.863. The van der Waals surface area contributed by atoms with Crippen molar-refractivity contribution in [2.45, 2.75) is 20.0 Å². The molecule has 0 amide bonds. The fourth-order valence-electron chi connectivity index (χ4n) is 2.11. The largest absolute Gasteiger partial charge is 0.376 e. The lowest BCUT2D eigenvalue weighted by Gasteiger charge is -2.17. The van der Waals surface area contributed by atoms with Crippen molar-refractivity contribution in [3.8, 4) is 0 Å². The van der Waals surface area contributed by atoms with Gasteiger partial charge < -0.3 is 4.90 Å². The molecule has 3 heteroatoms. The molecule has 0 fully saturated rings. The van der Waals surface area contributed by atoms with Crippen molar-refractivity contribution in [1.82, 2.24) is 9.88 Å². The molecule has 20 heavy (non-hydrogen) atoms. The minimum atomic E-state index is 0.863. The molecule has 0 aliphatic heterocycles. The summed E-state index contributed by atoms with van der Waals surface area (Å²) in [5, 5.41) is 0. The number of rotatable bonds is 5. The quantitative estimate of drug-likeness (QED) is 0.831. The summed E-state index contributed by atoms with van der Waals surface area (Å²) < 4.78 is 0. The van der Waals surface area contributed by atoms with Crippen LogP contribution in [0.3, 0.4) is 0 Å². The average Bonchev–Trinajstić information content (AvgIpc) is 2.42. The number of anilines is 1. The number of nitrogens with zero attached hydrogens (tertiary/aromatic N) is 3. The van der Waals surface area contributed by atoms with Gasteiger partial charge in [0.05, 0.1) is 17.6 Å². The van der Waals surface area contributed by atoms with Crippen LogP contribution in [0, 0.1) is 6.92 Å². The van der Waals surface area contributed by atoms with Gasteiger partial charge in [0.1, 0.15) is 0 Å². The van der Waals surface area contributed by atoms with E-state index in [2.05, 4.69) is 65.2 Å². The smallest absolute Gasteiger partial charge is 0.0547 e. The van der Waals surface area contributed by atoms with Crippen LogP contribution in [-0.4, -0.2) is 31.0 Å². The van der Waals surface area contributed by atoms with E-state index in [-0.39, 0.29) is 0 Å². The number of hydrogen-bond acceptors (Lipinski definition) is 3. The lowest BCUT2D eigenvalue weighted by atomic mass is 10.1. The Morgan fingerprint density at radius 3 is 2.15 bits per heavy atom. The van der Waals surface area contributed by atoms with Crippen molar-refractivity contribution >= 4 is 5.69 Å². The number of benzene rings is 1. The second-order valence-corrected chi connectivity index (χ2v) is 5.56. The maximum absolute atomic E-state index is 4.51. The molecule has 0 saturated carbocycles. The standard InChI is InChI=1S/C17H23N3/c1-14-5-7-15(8-6-14)12-20(4)13-16-9-10-17(11-18-16)19(2)3/h5-11H,12-13H2,1-4H3. The fraction of sp³-hybridized carbons (Fsp3) is 0.353. The molecular formula is C17H23N3. The number of aromatic nitrogens is 1. The Morgan fingerprint density at radius 1 is 0.900 bits per heavy atom. The third kappa shape index (κ3) is 4.07. The molecule has 0 bridgehead atoms. The summed E-state index contributed by atoms with van der Waals surface area (Å²) in [6.45, 7) is 3.92. The van der Waals surface area contributed by atoms with E-state index in [0.717, 1.165) is 24.5 Å². The summed E-state index contributed by atoms with van der Waals surface area (Å²) in [6, 6.07) is 12.9. The fourth-order valence-corrected chi connectivity index (χ4v) is 2.11. The van der Waals surface area contributed by atoms with Crippen LogP contribution in [0.15, 0.2) is 42.6 Å². The van der Waals surface area contributed by atoms with Crippen molar-refractivity contribution < 1.29 is 0 Å². The normalized spacial score (nSPS) is 10.8. The molecular weight excluding hydrogens is 246 g/mol.